The summed E-state index contributed by atoms with van der Waals surface area (Å²) in [6.07, 6.45) is 0.944. The maximum atomic E-state index is 7.13. The maximum absolute atomic E-state index is 7.13. The lowest BCUT2D eigenvalue weighted by atomic mass is 10.3. The van der Waals surface area contributed by atoms with E-state index in [0.29, 0.717) is 12.5 Å². The molecule has 0 bridgehead atoms. The molecule has 0 radical (unpaired) electrons. The second-order valence-electron chi connectivity index (χ2n) is 3.12. The average molecular weight is 276 g/mol. The second kappa shape index (κ2) is 8.83. The molecule has 0 aromatic carbocycles. The molecule has 0 aliphatic rings. The molecule has 1 heterocycles. The zero-order chi connectivity index (χ0) is 11.8. The second-order valence-corrected chi connectivity index (χ2v) is 4.15. The first-order valence-electron chi connectivity index (χ1n) is 5.14. The molecule has 1 aromatic heterocycles. The molecular weight excluding hydrogens is 258 g/mol. The molecule has 0 saturated heterocycles. The lowest BCUT2D eigenvalue weighted by molar-refractivity contribution is 0.847. The van der Waals surface area contributed by atoms with E-state index in [-0.39, 0.29) is 18.4 Å². The van der Waals surface area contributed by atoms with Crippen LogP contribution < -0.4 is 16.4 Å². The smallest absolute Gasteiger partial charge is 0.198 e. The first kappa shape index (κ1) is 15.7. The van der Waals surface area contributed by atoms with Gasteiger partial charge < -0.3 is 11.1 Å². The highest BCUT2D eigenvalue weighted by molar-refractivity contribution is 7.09. The number of nitrogens with zero attached hydrogens (tertiary/aromatic N) is 1. The Morgan fingerprint density at radius 1 is 1.59 bits per heavy atom. The topological polar surface area (TPSA) is 86.3 Å². The van der Waals surface area contributed by atoms with E-state index in [1.54, 1.807) is 11.3 Å². The lowest BCUT2D eigenvalue weighted by Crippen LogP contribution is -2.44. The van der Waals surface area contributed by atoms with Gasteiger partial charge in [0.25, 0.3) is 0 Å². The Labute approximate surface area is 111 Å². The molecule has 0 atom stereocenters. The predicted molar refractivity (Wildman–Crippen MR) is 76.3 cm³/mol. The molecule has 0 unspecified atom stereocenters. The van der Waals surface area contributed by atoms with Crippen molar-refractivity contribution in [3.63, 3.8) is 0 Å². The van der Waals surface area contributed by atoms with Crippen molar-refractivity contribution in [1.82, 2.24) is 10.6 Å². The van der Waals surface area contributed by atoms with Gasteiger partial charge in [-0.15, -0.1) is 23.7 Å². The van der Waals surface area contributed by atoms with Crippen molar-refractivity contribution >= 4 is 35.7 Å². The van der Waals surface area contributed by atoms with Crippen LogP contribution in [-0.4, -0.2) is 25.0 Å². The minimum absolute atomic E-state index is 0. The normalized spacial score (nSPS) is 10.5. The van der Waals surface area contributed by atoms with E-state index in [1.807, 2.05) is 13.0 Å². The average Bonchev–Trinajstić information content (AvgIpc) is 2.70. The van der Waals surface area contributed by atoms with E-state index in [2.05, 4.69) is 27.1 Å². The zero-order valence-electron chi connectivity index (χ0n) is 9.69. The zero-order valence-corrected chi connectivity index (χ0v) is 11.3. The van der Waals surface area contributed by atoms with Crippen molar-refractivity contribution in [2.24, 2.45) is 10.7 Å². The number of hydrogen-bond acceptors (Lipinski definition) is 3. The maximum Gasteiger partial charge on any atom is 0.198 e. The molecule has 0 saturated carbocycles. The van der Waals surface area contributed by atoms with Crippen LogP contribution in [-0.2, 0) is 6.42 Å². The van der Waals surface area contributed by atoms with Gasteiger partial charge in [0.1, 0.15) is 0 Å². The Morgan fingerprint density at radius 2 is 2.35 bits per heavy atom. The van der Waals surface area contributed by atoms with Crippen molar-refractivity contribution in [2.75, 3.05) is 13.1 Å². The van der Waals surface area contributed by atoms with E-state index in [0.717, 1.165) is 13.0 Å². The van der Waals surface area contributed by atoms with Gasteiger partial charge in [0.15, 0.2) is 11.9 Å². The van der Waals surface area contributed by atoms with Gasteiger partial charge in [0.2, 0.25) is 0 Å². The highest BCUT2D eigenvalue weighted by Gasteiger charge is 1.99. The van der Waals surface area contributed by atoms with Gasteiger partial charge in [-0.25, -0.2) is 0 Å². The van der Waals surface area contributed by atoms with Crippen LogP contribution in [0.2, 0.25) is 0 Å². The fourth-order valence-electron chi connectivity index (χ4n) is 1.18. The van der Waals surface area contributed by atoms with Gasteiger partial charge in [-0.2, -0.15) is 0 Å². The van der Waals surface area contributed by atoms with Crippen LogP contribution in [0.25, 0.3) is 0 Å². The summed E-state index contributed by atoms with van der Waals surface area (Å²) >= 11 is 1.73. The van der Waals surface area contributed by atoms with Gasteiger partial charge >= 0.3 is 0 Å². The molecule has 0 aliphatic carbocycles. The third kappa shape index (κ3) is 6.80. The van der Waals surface area contributed by atoms with Crippen LogP contribution in [0.5, 0.6) is 0 Å². The van der Waals surface area contributed by atoms with Gasteiger partial charge in [-0.1, -0.05) is 6.07 Å². The lowest BCUT2D eigenvalue weighted by Gasteiger charge is -2.10. The number of halogens is 1. The molecule has 0 spiro atoms. The van der Waals surface area contributed by atoms with Crippen LogP contribution in [0.15, 0.2) is 22.5 Å². The van der Waals surface area contributed by atoms with Crippen LogP contribution in [0.4, 0.5) is 0 Å². The van der Waals surface area contributed by atoms with Crippen LogP contribution in [0, 0.1) is 5.41 Å². The molecule has 0 aliphatic heterocycles. The van der Waals surface area contributed by atoms with Crippen molar-refractivity contribution in [2.45, 2.75) is 13.3 Å². The van der Waals surface area contributed by atoms with E-state index < -0.39 is 0 Å². The van der Waals surface area contributed by atoms with E-state index in [1.165, 1.54) is 4.88 Å². The van der Waals surface area contributed by atoms with E-state index in [4.69, 9.17) is 11.1 Å². The minimum atomic E-state index is -0.101. The van der Waals surface area contributed by atoms with Crippen LogP contribution in [0.1, 0.15) is 11.8 Å². The summed E-state index contributed by atoms with van der Waals surface area (Å²) in [5.41, 5.74) is 5.24. The van der Waals surface area contributed by atoms with E-state index >= 15 is 0 Å². The molecule has 5 N–H and O–H groups in total. The summed E-state index contributed by atoms with van der Waals surface area (Å²) in [4.78, 5) is 5.49. The Bertz CT molecular complexity index is 350. The first-order valence-corrected chi connectivity index (χ1v) is 6.02. The minimum Gasteiger partial charge on any atom is -0.370 e. The number of guanidine groups is 2. The van der Waals surface area contributed by atoms with Crippen molar-refractivity contribution in [3.8, 4) is 0 Å². The Hall–Kier alpha value is -1.27. The fraction of sp³-hybridized carbons (Fsp3) is 0.400. The summed E-state index contributed by atoms with van der Waals surface area (Å²) in [5, 5.41) is 15.0. The molecule has 0 amide bonds. The number of aliphatic imine (C=N–C) groups is 1. The third-order valence-corrected chi connectivity index (χ3v) is 2.75. The summed E-state index contributed by atoms with van der Waals surface area (Å²) in [6, 6.07) is 4.14. The van der Waals surface area contributed by atoms with Crippen molar-refractivity contribution in [3.05, 3.63) is 22.4 Å². The molecule has 0 fully saturated rings. The highest BCUT2D eigenvalue weighted by Crippen LogP contribution is 2.07. The Kier molecular flexibility index (Phi) is 8.17. The number of nitrogens with two attached hydrogens (primary N) is 1. The molecule has 7 heteroatoms. The van der Waals surface area contributed by atoms with Gasteiger partial charge in [0.05, 0.1) is 0 Å². The molecule has 17 heavy (non-hydrogen) atoms. The first-order chi connectivity index (χ1) is 7.72. The number of rotatable bonds is 4. The fourth-order valence-corrected chi connectivity index (χ4v) is 1.89. The summed E-state index contributed by atoms with van der Waals surface area (Å²) in [5.74, 6) is 0.461. The van der Waals surface area contributed by atoms with E-state index in [9.17, 15) is 0 Å². The summed E-state index contributed by atoms with van der Waals surface area (Å²) in [7, 11) is 0. The third-order valence-electron chi connectivity index (χ3n) is 1.81. The van der Waals surface area contributed by atoms with Crippen molar-refractivity contribution in [1.29, 1.82) is 5.41 Å². The van der Waals surface area contributed by atoms with Crippen LogP contribution >= 0.6 is 23.7 Å². The molecule has 96 valence electrons. The molecule has 5 nitrogen and oxygen atoms in total. The number of nitrogens with one attached hydrogen (secondary N) is 3. The predicted octanol–water partition coefficient (Wildman–Crippen LogP) is 1.16. The number of hydrogen-bond donors (Lipinski definition) is 4. The Balaban J connectivity index is 0.00000256. The SMILES string of the molecule is CCN=C(NCCc1cccs1)NC(=N)N.Cl. The van der Waals surface area contributed by atoms with Gasteiger partial charge in [-0.3, -0.25) is 15.7 Å². The quantitative estimate of drug-likeness (QED) is 0.491. The molecule has 1 aromatic rings. The van der Waals surface area contributed by atoms with Crippen molar-refractivity contribution < 1.29 is 0 Å². The standard InChI is InChI=1S/C10H17N5S.ClH/c1-2-13-10(15-9(11)12)14-6-5-8-4-3-7-16-8;/h3-4,7H,2,5-6H2,1H3,(H5,11,12,13,14,15);1H. The monoisotopic (exact) mass is 275 g/mol. The van der Waals surface area contributed by atoms with Gasteiger partial charge in [0, 0.05) is 18.0 Å². The molecule has 1 rings (SSSR count). The largest absolute Gasteiger partial charge is 0.370 e. The van der Waals surface area contributed by atoms with Crippen LogP contribution in [0.3, 0.4) is 0 Å². The van der Waals surface area contributed by atoms with Gasteiger partial charge in [-0.05, 0) is 24.8 Å². The highest BCUT2D eigenvalue weighted by atomic mass is 35.5. The number of thiophene rings is 1. The molecular formula is C10H18ClN5S. The summed E-state index contributed by atoms with van der Waals surface area (Å²) < 4.78 is 0. The summed E-state index contributed by atoms with van der Waals surface area (Å²) in [6.45, 7) is 3.37. The Morgan fingerprint density at radius 3 is 2.88 bits per heavy atom.